The third-order valence-corrected chi connectivity index (χ3v) is 10.4. The first-order chi connectivity index (χ1) is 15.7. The van der Waals surface area contributed by atoms with Crippen molar-refractivity contribution in [3.8, 4) is 11.5 Å². The number of ether oxygens (including phenoxy) is 2. The minimum absolute atomic E-state index is 0.816. The quantitative estimate of drug-likeness (QED) is 0.496. The molecule has 2 heteroatoms. The van der Waals surface area contributed by atoms with Crippen LogP contribution in [0.3, 0.4) is 0 Å². The monoisotopic (exact) mass is 430 g/mol. The van der Waals surface area contributed by atoms with Gasteiger partial charge in [0.25, 0.3) is 0 Å². The summed E-state index contributed by atoms with van der Waals surface area (Å²) in [7, 11) is 3.67. The summed E-state index contributed by atoms with van der Waals surface area (Å²) in [5, 5.41) is 0. The molecule has 8 aliphatic rings. The number of rotatable bonds is 4. The molecule has 1 aromatic carbocycles. The molecule has 0 aromatic heterocycles. The lowest BCUT2D eigenvalue weighted by Gasteiger charge is -2.51. The summed E-state index contributed by atoms with van der Waals surface area (Å²) in [6.07, 6.45) is 19.4. The van der Waals surface area contributed by atoms with E-state index in [-0.39, 0.29) is 0 Å². The van der Waals surface area contributed by atoms with E-state index in [4.69, 9.17) is 9.47 Å². The second-order valence-corrected chi connectivity index (χ2v) is 12.2. The van der Waals surface area contributed by atoms with Crippen LogP contribution in [0.25, 0.3) is 12.2 Å². The maximum absolute atomic E-state index is 5.96. The zero-order valence-electron chi connectivity index (χ0n) is 19.8. The highest BCUT2D eigenvalue weighted by Gasteiger charge is 2.46. The van der Waals surface area contributed by atoms with Crippen LogP contribution < -0.4 is 9.47 Å². The lowest BCUT2D eigenvalue weighted by Crippen LogP contribution is -2.40. The Bertz CT molecular complexity index is 843. The van der Waals surface area contributed by atoms with E-state index in [0.29, 0.717) is 0 Å². The fraction of sp³-hybridized carbons (Fsp3) is 0.667. The summed E-state index contributed by atoms with van der Waals surface area (Å²) < 4.78 is 11.9. The third-order valence-electron chi connectivity index (χ3n) is 10.4. The van der Waals surface area contributed by atoms with Gasteiger partial charge in [-0.25, -0.2) is 0 Å². The summed E-state index contributed by atoms with van der Waals surface area (Å²) in [6.45, 7) is 0. The smallest absolute Gasteiger partial charge is 0.126 e. The standard InChI is InChI=1S/C30H38O2/c1-31-29-15-26(14-28-23-9-19-4-20(11-23)12-24(28)10-19)30(32-2)16-25(29)13-27-21-5-17-3-18(7-21)8-22(27)6-17/h13-24H,3-12H2,1-2H3. The van der Waals surface area contributed by atoms with Gasteiger partial charge in [-0.1, -0.05) is 23.3 Å². The molecule has 0 unspecified atom stereocenters. The van der Waals surface area contributed by atoms with Crippen molar-refractivity contribution in [2.45, 2.75) is 64.2 Å². The Morgan fingerprint density at radius 3 is 1.12 bits per heavy atom. The lowest BCUT2D eigenvalue weighted by molar-refractivity contribution is 0.0709. The van der Waals surface area contributed by atoms with Crippen molar-refractivity contribution in [2.24, 2.45) is 47.3 Å². The van der Waals surface area contributed by atoms with E-state index in [2.05, 4.69) is 24.3 Å². The van der Waals surface area contributed by atoms with Crippen molar-refractivity contribution in [3.63, 3.8) is 0 Å². The van der Waals surface area contributed by atoms with E-state index in [0.717, 1.165) is 58.8 Å². The highest BCUT2D eigenvalue weighted by molar-refractivity contribution is 5.71. The van der Waals surface area contributed by atoms with Gasteiger partial charge in [0.2, 0.25) is 0 Å². The van der Waals surface area contributed by atoms with Gasteiger partial charge >= 0.3 is 0 Å². The molecule has 0 saturated heterocycles. The van der Waals surface area contributed by atoms with E-state index in [1.54, 1.807) is 11.1 Å². The molecule has 9 rings (SSSR count). The molecule has 0 aliphatic heterocycles. The molecule has 0 amide bonds. The molecule has 1 aromatic rings. The molecule has 8 aliphatic carbocycles. The van der Waals surface area contributed by atoms with Crippen LogP contribution in [0.4, 0.5) is 0 Å². The summed E-state index contributed by atoms with van der Waals surface area (Å²) in [5.41, 5.74) is 5.87. The van der Waals surface area contributed by atoms with Crippen LogP contribution >= 0.6 is 0 Å². The Hall–Kier alpha value is -1.70. The molecule has 2 nitrogen and oxygen atoms in total. The molecular weight excluding hydrogens is 392 g/mol. The Morgan fingerprint density at radius 2 is 0.844 bits per heavy atom. The van der Waals surface area contributed by atoms with Crippen LogP contribution in [-0.2, 0) is 0 Å². The van der Waals surface area contributed by atoms with Crippen molar-refractivity contribution in [1.29, 1.82) is 0 Å². The van der Waals surface area contributed by atoms with E-state index in [9.17, 15) is 0 Å². The summed E-state index contributed by atoms with van der Waals surface area (Å²) in [5.74, 6) is 9.30. The second-order valence-electron chi connectivity index (χ2n) is 12.2. The first-order valence-corrected chi connectivity index (χ1v) is 13.4. The molecule has 32 heavy (non-hydrogen) atoms. The predicted octanol–water partition coefficient (Wildman–Crippen LogP) is 7.38. The number of allylic oxidation sites excluding steroid dienone is 2. The van der Waals surface area contributed by atoms with Gasteiger partial charge < -0.3 is 9.47 Å². The van der Waals surface area contributed by atoms with E-state index in [1.807, 2.05) is 14.2 Å². The van der Waals surface area contributed by atoms with Crippen LogP contribution in [0.15, 0.2) is 23.3 Å². The highest BCUT2D eigenvalue weighted by atomic mass is 16.5. The molecule has 170 valence electrons. The first kappa shape index (κ1) is 19.7. The van der Waals surface area contributed by atoms with Gasteiger partial charge in [0.15, 0.2) is 0 Å². The normalized spacial score (nSPS) is 40.7. The van der Waals surface area contributed by atoms with Crippen LogP contribution in [0.2, 0.25) is 0 Å². The van der Waals surface area contributed by atoms with Gasteiger partial charge in [-0.05, 0) is 124 Å². The van der Waals surface area contributed by atoms with E-state index >= 15 is 0 Å². The molecule has 0 atom stereocenters. The number of benzene rings is 1. The average Bonchev–Trinajstić information content (AvgIpc) is 2.78. The largest absolute Gasteiger partial charge is 0.496 e. The van der Waals surface area contributed by atoms with E-state index < -0.39 is 0 Å². The van der Waals surface area contributed by atoms with Gasteiger partial charge in [-0.2, -0.15) is 0 Å². The van der Waals surface area contributed by atoms with Crippen LogP contribution in [0, 0.1) is 47.3 Å². The van der Waals surface area contributed by atoms with Crippen molar-refractivity contribution < 1.29 is 9.47 Å². The van der Waals surface area contributed by atoms with Gasteiger partial charge in [0.05, 0.1) is 14.2 Å². The Balaban J connectivity index is 1.25. The molecule has 8 saturated carbocycles. The molecule has 8 bridgehead atoms. The van der Waals surface area contributed by atoms with Crippen molar-refractivity contribution in [3.05, 3.63) is 34.4 Å². The zero-order valence-corrected chi connectivity index (χ0v) is 19.8. The summed E-state index contributed by atoms with van der Waals surface area (Å²) >= 11 is 0. The van der Waals surface area contributed by atoms with Gasteiger partial charge in [0.1, 0.15) is 11.5 Å². The van der Waals surface area contributed by atoms with Crippen LogP contribution in [0.5, 0.6) is 11.5 Å². The number of hydrogen-bond acceptors (Lipinski definition) is 2. The van der Waals surface area contributed by atoms with Crippen molar-refractivity contribution in [2.75, 3.05) is 14.2 Å². The minimum Gasteiger partial charge on any atom is -0.496 e. The Morgan fingerprint density at radius 1 is 0.531 bits per heavy atom. The Labute approximate surface area is 193 Å². The molecule has 0 spiro atoms. The summed E-state index contributed by atoms with van der Waals surface area (Å²) in [6, 6.07) is 4.53. The number of methoxy groups -OCH3 is 2. The molecule has 0 N–H and O–H groups in total. The molecule has 0 heterocycles. The van der Waals surface area contributed by atoms with Gasteiger partial charge in [-0.15, -0.1) is 0 Å². The first-order valence-electron chi connectivity index (χ1n) is 13.4. The van der Waals surface area contributed by atoms with E-state index in [1.165, 1.54) is 75.3 Å². The van der Waals surface area contributed by atoms with Crippen LogP contribution in [0.1, 0.15) is 75.3 Å². The highest BCUT2D eigenvalue weighted by Crippen LogP contribution is 2.58. The van der Waals surface area contributed by atoms with Gasteiger partial charge in [0, 0.05) is 11.1 Å². The second kappa shape index (κ2) is 7.40. The lowest BCUT2D eigenvalue weighted by atomic mass is 9.54. The maximum Gasteiger partial charge on any atom is 0.126 e. The molecular formula is C30H38O2. The van der Waals surface area contributed by atoms with Crippen molar-refractivity contribution in [1.82, 2.24) is 0 Å². The fourth-order valence-electron chi connectivity index (χ4n) is 9.46. The summed E-state index contributed by atoms with van der Waals surface area (Å²) in [4.78, 5) is 0. The molecule has 0 radical (unpaired) electrons. The molecule has 8 fully saturated rings. The van der Waals surface area contributed by atoms with Crippen LogP contribution in [-0.4, -0.2) is 14.2 Å². The third kappa shape index (κ3) is 3.11. The zero-order chi connectivity index (χ0) is 21.4. The topological polar surface area (TPSA) is 18.5 Å². The number of hydrogen-bond donors (Lipinski definition) is 0. The predicted molar refractivity (Wildman–Crippen MR) is 130 cm³/mol. The van der Waals surface area contributed by atoms with Gasteiger partial charge in [-0.3, -0.25) is 0 Å². The maximum atomic E-state index is 5.96. The van der Waals surface area contributed by atoms with Crippen molar-refractivity contribution >= 4 is 12.2 Å². The SMILES string of the molecule is COc1cc(C=C2C3CC4CC(C3)CC2C4)c(OC)cc1C=C1C2CC3CC(C2)CC1C3. The fourth-order valence-corrected chi connectivity index (χ4v) is 9.46. The average molecular weight is 431 g/mol. The Kier molecular flexibility index (Phi) is 4.57. The minimum atomic E-state index is 0.816.